The zero-order chi connectivity index (χ0) is 16.2. The molecule has 1 saturated heterocycles. The fourth-order valence-corrected chi connectivity index (χ4v) is 3.92. The van der Waals surface area contributed by atoms with Crippen molar-refractivity contribution in [3.05, 3.63) is 28.8 Å². The summed E-state index contributed by atoms with van der Waals surface area (Å²) in [5, 5.41) is 0.0707. The van der Waals surface area contributed by atoms with Gasteiger partial charge in [-0.15, -0.1) is 12.4 Å². The second kappa shape index (κ2) is 8.84. The maximum Gasteiger partial charge on any atom is 0.337 e. The Morgan fingerprint density at radius 1 is 1.35 bits per heavy atom. The molecule has 130 valence electrons. The van der Waals surface area contributed by atoms with Crippen molar-refractivity contribution in [1.82, 2.24) is 9.62 Å². The van der Waals surface area contributed by atoms with E-state index < -0.39 is 16.0 Å². The highest BCUT2D eigenvalue weighted by molar-refractivity contribution is 7.89. The van der Waals surface area contributed by atoms with Crippen LogP contribution < -0.4 is 4.72 Å². The number of hydrogen-bond donors (Lipinski definition) is 1. The number of carbonyl (C=O) groups is 1. The first-order chi connectivity index (χ1) is 10.4. The number of likely N-dealkylation sites (tertiary alicyclic amines) is 1. The van der Waals surface area contributed by atoms with E-state index in [2.05, 4.69) is 14.4 Å². The Balaban J connectivity index is 0.00000264. The highest BCUT2D eigenvalue weighted by atomic mass is 35.5. The Morgan fingerprint density at radius 3 is 2.61 bits per heavy atom. The summed E-state index contributed by atoms with van der Waals surface area (Å²) in [4.78, 5) is 13.6. The van der Waals surface area contributed by atoms with Crippen LogP contribution in [-0.4, -0.2) is 52.6 Å². The number of methoxy groups -OCH3 is 1. The molecule has 23 heavy (non-hydrogen) atoms. The molecule has 0 bridgehead atoms. The molecule has 0 radical (unpaired) electrons. The van der Waals surface area contributed by atoms with Crippen LogP contribution in [0.5, 0.6) is 0 Å². The fraction of sp³-hybridized carbons (Fsp3) is 0.500. The van der Waals surface area contributed by atoms with Gasteiger partial charge in [0.05, 0.1) is 17.7 Å². The van der Waals surface area contributed by atoms with Crippen molar-refractivity contribution in [2.75, 3.05) is 33.3 Å². The topological polar surface area (TPSA) is 75.7 Å². The molecule has 2 rings (SSSR count). The molecule has 0 aliphatic carbocycles. The third-order valence-electron chi connectivity index (χ3n) is 3.56. The van der Waals surface area contributed by atoms with Crippen LogP contribution in [-0.2, 0) is 14.8 Å². The lowest BCUT2D eigenvalue weighted by atomic mass is 10.2. The SMILES string of the molecule is COC(=O)c1ccc(Cl)c(S(=O)(=O)NCCN2CCCC2)c1.Cl. The zero-order valence-corrected chi connectivity index (χ0v) is 15.1. The molecule has 0 spiro atoms. The molecule has 1 aromatic rings. The molecular weight excluding hydrogens is 363 g/mol. The average molecular weight is 383 g/mol. The summed E-state index contributed by atoms with van der Waals surface area (Å²) in [7, 11) is -2.53. The molecule has 1 heterocycles. The third kappa shape index (κ3) is 5.32. The van der Waals surface area contributed by atoms with Gasteiger partial charge in [0.25, 0.3) is 0 Å². The fourth-order valence-electron chi connectivity index (χ4n) is 2.38. The summed E-state index contributed by atoms with van der Waals surface area (Å²) < 4.78 is 31.8. The molecule has 0 amide bonds. The lowest BCUT2D eigenvalue weighted by Gasteiger charge is -2.15. The molecule has 1 fully saturated rings. The lowest BCUT2D eigenvalue weighted by molar-refractivity contribution is 0.0600. The Morgan fingerprint density at radius 2 is 2.00 bits per heavy atom. The van der Waals surface area contributed by atoms with E-state index in [-0.39, 0.29) is 27.9 Å². The molecule has 1 aromatic carbocycles. The van der Waals surface area contributed by atoms with E-state index in [1.165, 1.54) is 25.3 Å². The number of sulfonamides is 1. The van der Waals surface area contributed by atoms with Gasteiger partial charge in [0.1, 0.15) is 4.90 Å². The van der Waals surface area contributed by atoms with Crippen molar-refractivity contribution in [3.8, 4) is 0 Å². The number of benzene rings is 1. The molecule has 9 heteroatoms. The van der Waals surface area contributed by atoms with Gasteiger partial charge in [-0.25, -0.2) is 17.9 Å². The first-order valence-electron chi connectivity index (χ1n) is 7.04. The Bertz CT molecular complexity index is 646. The van der Waals surface area contributed by atoms with Crippen LogP contribution >= 0.6 is 24.0 Å². The van der Waals surface area contributed by atoms with Crippen LogP contribution in [0.4, 0.5) is 0 Å². The zero-order valence-electron chi connectivity index (χ0n) is 12.7. The molecule has 1 aliphatic heterocycles. The van der Waals surface area contributed by atoms with Crippen LogP contribution in [0.3, 0.4) is 0 Å². The first-order valence-corrected chi connectivity index (χ1v) is 8.90. The number of halogens is 2. The van der Waals surface area contributed by atoms with E-state index in [9.17, 15) is 13.2 Å². The number of nitrogens with zero attached hydrogens (tertiary/aromatic N) is 1. The Labute approximate surface area is 147 Å². The maximum absolute atomic E-state index is 12.3. The number of carbonyl (C=O) groups excluding carboxylic acids is 1. The van der Waals surface area contributed by atoms with Crippen molar-refractivity contribution >= 4 is 40.0 Å². The van der Waals surface area contributed by atoms with Crippen LogP contribution in [0, 0.1) is 0 Å². The van der Waals surface area contributed by atoms with E-state index in [0.717, 1.165) is 25.9 Å². The van der Waals surface area contributed by atoms with Crippen LogP contribution in [0.1, 0.15) is 23.2 Å². The lowest BCUT2D eigenvalue weighted by Crippen LogP contribution is -2.33. The van der Waals surface area contributed by atoms with E-state index in [1.807, 2.05) is 0 Å². The molecule has 1 aliphatic rings. The van der Waals surface area contributed by atoms with Crippen molar-refractivity contribution in [1.29, 1.82) is 0 Å². The van der Waals surface area contributed by atoms with E-state index in [1.54, 1.807) is 0 Å². The summed E-state index contributed by atoms with van der Waals surface area (Å²) in [5.41, 5.74) is 0.145. The highest BCUT2D eigenvalue weighted by Crippen LogP contribution is 2.23. The van der Waals surface area contributed by atoms with E-state index in [0.29, 0.717) is 13.1 Å². The van der Waals surface area contributed by atoms with Gasteiger partial charge in [-0.2, -0.15) is 0 Å². The van der Waals surface area contributed by atoms with Gasteiger partial charge in [0.15, 0.2) is 0 Å². The normalized spacial score (nSPS) is 15.2. The summed E-state index contributed by atoms with van der Waals surface area (Å²) in [6, 6.07) is 4.03. The monoisotopic (exact) mass is 382 g/mol. The minimum Gasteiger partial charge on any atom is -0.465 e. The molecule has 0 saturated carbocycles. The molecule has 0 aromatic heterocycles. The number of esters is 1. The van der Waals surface area contributed by atoms with Gasteiger partial charge < -0.3 is 9.64 Å². The van der Waals surface area contributed by atoms with Crippen molar-refractivity contribution in [2.45, 2.75) is 17.7 Å². The van der Waals surface area contributed by atoms with Crippen molar-refractivity contribution < 1.29 is 17.9 Å². The molecule has 0 unspecified atom stereocenters. The second-order valence-electron chi connectivity index (χ2n) is 5.08. The number of rotatable bonds is 6. The summed E-state index contributed by atoms with van der Waals surface area (Å²) in [6.07, 6.45) is 2.31. The van der Waals surface area contributed by atoms with Crippen LogP contribution in [0.25, 0.3) is 0 Å². The van der Waals surface area contributed by atoms with Crippen LogP contribution in [0.15, 0.2) is 23.1 Å². The quantitative estimate of drug-likeness (QED) is 0.760. The van der Waals surface area contributed by atoms with E-state index >= 15 is 0 Å². The van der Waals surface area contributed by atoms with Crippen molar-refractivity contribution in [3.63, 3.8) is 0 Å². The predicted octanol–water partition coefficient (Wildman–Crippen LogP) is 1.92. The number of nitrogens with one attached hydrogen (secondary N) is 1. The van der Waals surface area contributed by atoms with Gasteiger partial charge in [0.2, 0.25) is 10.0 Å². The van der Waals surface area contributed by atoms with Gasteiger partial charge >= 0.3 is 5.97 Å². The molecule has 6 nitrogen and oxygen atoms in total. The van der Waals surface area contributed by atoms with Gasteiger partial charge in [-0.1, -0.05) is 11.6 Å². The average Bonchev–Trinajstić information content (AvgIpc) is 3.00. The molecule has 0 atom stereocenters. The second-order valence-corrected chi connectivity index (χ2v) is 7.23. The van der Waals surface area contributed by atoms with Gasteiger partial charge in [0, 0.05) is 13.1 Å². The minimum atomic E-state index is -3.76. The first kappa shape index (κ1) is 20.2. The largest absolute Gasteiger partial charge is 0.465 e. The maximum atomic E-state index is 12.3. The molecule has 1 N–H and O–H groups in total. The predicted molar refractivity (Wildman–Crippen MR) is 90.9 cm³/mol. The summed E-state index contributed by atoms with van der Waals surface area (Å²) >= 11 is 5.95. The van der Waals surface area contributed by atoms with Gasteiger partial charge in [-0.05, 0) is 44.1 Å². The number of ether oxygens (including phenoxy) is 1. The minimum absolute atomic E-state index is 0. The summed E-state index contributed by atoms with van der Waals surface area (Å²) in [6.45, 7) is 2.97. The smallest absolute Gasteiger partial charge is 0.337 e. The standard InChI is InChI=1S/C14H19ClN2O4S.ClH/c1-21-14(18)11-4-5-12(15)13(10-11)22(19,20)16-6-9-17-7-2-3-8-17;/h4-5,10,16H,2-3,6-9H2,1H3;1H. The summed E-state index contributed by atoms with van der Waals surface area (Å²) in [5.74, 6) is -0.606. The number of hydrogen-bond acceptors (Lipinski definition) is 5. The highest BCUT2D eigenvalue weighted by Gasteiger charge is 2.21. The molecular formula is C14H20Cl2N2O4S. The Kier molecular flexibility index (Phi) is 7.76. The van der Waals surface area contributed by atoms with Crippen molar-refractivity contribution in [2.24, 2.45) is 0 Å². The third-order valence-corrected chi connectivity index (χ3v) is 5.50. The van der Waals surface area contributed by atoms with E-state index in [4.69, 9.17) is 11.6 Å². The van der Waals surface area contributed by atoms with Crippen LogP contribution in [0.2, 0.25) is 5.02 Å². The van der Waals surface area contributed by atoms with Gasteiger partial charge in [-0.3, -0.25) is 0 Å². The Hall–Kier alpha value is -0.860.